The Labute approximate surface area is 231 Å². The molecule has 4 rings (SSSR count). The lowest BCUT2D eigenvalue weighted by Crippen LogP contribution is -2.38. The fourth-order valence-corrected chi connectivity index (χ4v) is 5.81. The third-order valence-corrected chi connectivity index (χ3v) is 7.84. The van der Waals surface area contributed by atoms with Crippen LogP contribution in [0.4, 0.5) is 0 Å². The number of benzene rings is 2. The number of hydrogen-bond acceptors (Lipinski definition) is 7. The molecule has 0 unspecified atom stereocenters. The van der Waals surface area contributed by atoms with Gasteiger partial charge in [0.05, 0.1) is 18.1 Å². The first-order valence-electron chi connectivity index (χ1n) is 11.7. The summed E-state index contributed by atoms with van der Waals surface area (Å²) in [6, 6.07) is 11.3. The van der Waals surface area contributed by atoms with Crippen molar-refractivity contribution < 1.29 is 19.0 Å². The maximum absolute atomic E-state index is 13.1. The van der Waals surface area contributed by atoms with Gasteiger partial charge in [0.2, 0.25) is 0 Å². The number of morpholine rings is 1. The van der Waals surface area contributed by atoms with Crippen LogP contribution < -0.4 is 4.74 Å². The zero-order chi connectivity index (χ0) is 25.5. The number of amides is 1. The molecule has 0 atom stereocenters. The molecule has 36 heavy (non-hydrogen) atoms. The van der Waals surface area contributed by atoms with Crippen molar-refractivity contribution in [1.82, 2.24) is 9.80 Å². The quantitative estimate of drug-likeness (QED) is 0.210. The van der Waals surface area contributed by atoms with Crippen LogP contribution in [0.15, 0.2) is 41.3 Å². The van der Waals surface area contributed by atoms with Gasteiger partial charge in [-0.25, -0.2) is 0 Å². The number of nitrogens with zero attached hydrogens (tertiary/aromatic N) is 2. The predicted octanol–water partition coefficient (Wildman–Crippen LogP) is 5.61. The fraction of sp³-hybridized carbons (Fsp3) is 0.385. The smallest absolute Gasteiger partial charge is 0.266 e. The highest BCUT2D eigenvalue weighted by Gasteiger charge is 2.31. The summed E-state index contributed by atoms with van der Waals surface area (Å²) < 4.78 is 17.3. The molecule has 2 aromatic rings. The van der Waals surface area contributed by atoms with E-state index in [0.717, 1.165) is 56.0 Å². The fourth-order valence-electron chi connectivity index (χ4n) is 3.99. The van der Waals surface area contributed by atoms with Crippen molar-refractivity contribution in [3.05, 3.63) is 56.9 Å². The second-order valence-corrected chi connectivity index (χ2v) is 10.9. The third-order valence-electron chi connectivity index (χ3n) is 5.91. The second-order valence-electron chi connectivity index (χ2n) is 8.36. The van der Waals surface area contributed by atoms with Crippen molar-refractivity contribution in [1.29, 1.82) is 0 Å². The highest BCUT2D eigenvalue weighted by atomic mass is 35.5. The Hall–Kier alpha value is -1.65. The van der Waals surface area contributed by atoms with Crippen LogP contribution in [-0.4, -0.2) is 79.7 Å². The maximum Gasteiger partial charge on any atom is 0.266 e. The first kappa shape index (κ1) is 27.4. The Morgan fingerprint density at radius 3 is 2.67 bits per heavy atom. The minimum Gasteiger partial charge on any atom is -0.492 e. The number of thioether (sulfide) groups is 1. The molecule has 2 fully saturated rings. The van der Waals surface area contributed by atoms with Gasteiger partial charge >= 0.3 is 0 Å². The van der Waals surface area contributed by atoms with E-state index in [0.29, 0.717) is 44.8 Å². The molecule has 0 N–H and O–H groups in total. The van der Waals surface area contributed by atoms with E-state index in [9.17, 15) is 4.79 Å². The van der Waals surface area contributed by atoms with Crippen LogP contribution in [0.1, 0.15) is 12.0 Å². The molecule has 0 radical (unpaired) electrons. The standard InChI is InChI=1S/C26H28Cl2N2O4S2/c1-32-11-2-7-30-25(31)24(36-26(30)35)16-19-15-18(21-5-4-20(27)17-22(21)28)3-6-23(19)34-14-10-29-8-12-33-13-9-29/h3-6,15-17H,2,7-14H2,1H3. The minimum atomic E-state index is -0.102. The number of carbonyl (C=O) groups excluding carboxylic acids is 1. The molecule has 6 nitrogen and oxygen atoms in total. The van der Waals surface area contributed by atoms with Crippen LogP contribution in [-0.2, 0) is 14.3 Å². The summed E-state index contributed by atoms with van der Waals surface area (Å²) in [5.74, 6) is 0.594. The highest BCUT2D eigenvalue weighted by Crippen LogP contribution is 2.37. The average Bonchev–Trinajstić information content (AvgIpc) is 3.13. The van der Waals surface area contributed by atoms with Gasteiger partial charge in [0.1, 0.15) is 16.7 Å². The lowest BCUT2D eigenvalue weighted by atomic mass is 10.0. The molecule has 10 heteroatoms. The number of hydrogen-bond donors (Lipinski definition) is 0. The molecule has 0 saturated carbocycles. The van der Waals surface area contributed by atoms with Gasteiger partial charge in [0, 0.05) is 61.1 Å². The van der Waals surface area contributed by atoms with E-state index in [1.54, 1.807) is 24.1 Å². The summed E-state index contributed by atoms with van der Waals surface area (Å²) in [4.78, 5) is 17.6. The Balaban J connectivity index is 1.59. The molecule has 2 aliphatic heterocycles. The Morgan fingerprint density at radius 2 is 1.92 bits per heavy atom. The summed E-state index contributed by atoms with van der Waals surface area (Å²) in [6.45, 7) is 5.71. The summed E-state index contributed by atoms with van der Waals surface area (Å²) >= 11 is 19.4. The summed E-state index contributed by atoms with van der Waals surface area (Å²) in [5.41, 5.74) is 2.54. The summed E-state index contributed by atoms with van der Waals surface area (Å²) in [7, 11) is 1.64. The van der Waals surface area contributed by atoms with Crippen LogP contribution in [0.5, 0.6) is 5.75 Å². The third kappa shape index (κ3) is 7.01. The highest BCUT2D eigenvalue weighted by molar-refractivity contribution is 8.26. The van der Waals surface area contributed by atoms with E-state index in [2.05, 4.69) is 4.90 Å². The number of thiocarbonyl (C=S) groups is 1. The van der Waals surface area contributed by atoms with Gasteiger partial charge < -0.3 is 14.2 Å². The van der Waals surface area contributed by atoms with E-state index >= 15 is 0 Å². The molecule has 2 aromatic carbocycles. The van der Waals surface area contributed by atoms with Crippen LogP contribution in [0.3, 0.4) is 0 Å². The van der Waals surface area contributed by atoms with Crippen molar-refractivity contribution >= 4 is 63.5 Å². The van der Waals surface area contributed by atoms with E-state index in [-0.39, 0.29) is 5.91 Å². The number of halogens is 2. The molecule has 0 bridgehead atoms. The van der Waals surface area contributed by atoms with E-state index in [4.69, 9.17) is 49.6 Å². The molecule has 0 aromatic heterocycles. The Bertz CT molecular complexity index is 1140. The van der Waals surface area contributed by atoms with E-state index in [1.165, 1.54) is 11.8 Å². The molecule has 2 heterocycles. The molecular weight excluding hydrogens is 539 g/mol. The molecule has 2 saturated heterocycles. The van der Waals surface area contributed by atoms with Crippen LogP contribution in [0, 0.1) is 0 Å². The summed E-state index contributed by atoms with van der Waals surface area (Å²) in [6.07, 6.45) is 2.57. The normalized spacial score (nSPS) is 17.9. The monoisotopic (exact) mass is 566 g/mol. The topological polar surface area (TPSA) is 51.2 Å². The lowest BCUT2D eigenvalue weighted by Gasteiger charge is -2.26. The van der Waals surface area contributed by atoms with E-state index in [1.807, 2.05) is 30.3 Å². The van der Waals surface area contributed by atoms with Crippen LogP contribution >= 0.6 is 47.2 Å². The molecule has 1 amide bonds. The van der Waals surface area contributed by atoms with Crippen molar-refractivity contribution in [2.45, 2.75) is 6.42 Å². The van der Waals surface area contributed by atoms with Crippen molar-refractivity contribution in [2.75, 3.05) is 59.7 Å². The second kappa shape index (κ2) is 13.2. The molecule has 0 spiro atoms. The van der Waals surface area contributed by atoms with Gasteiger partial charge in [0.15, 0.2) is 0 Å². The number of ether oxygens (including phenoxy) is 3. The predicted molar refractivity (Wildman–Crippen MR) is 151 cm³/mol. The van der Waals surface area contributed by atoms with E-state index < -0.39 is 0 Å². The Kier molecular flexibility index (Phi) is 10.1. The average molecular weight is 568 g/mol. The molecule has 2 aliphatic rings. The van der Waals surface area contributed by atoms with Gasteiger partial charge in [0.25, 0.3) is 5.91 Å². The van der Waals surface area contributed by atoms with Crippen molar-refractivity contribution in [3.63, 3.8) is 0 Å². The zero-order valence-corrected chi connectivity index (χ0v) is 23.2. The van der Waals surface area contributed by atoms with Gasteiger partial charge in [-0.15, -0.1) is 0 Å². The van der Waals surface area contributed by atoms with Gasteiger partial charge in [-0.2, -0.15) is 0 Å². The first-order valence-corrected chi connectivity index (χ1v) is 13.7. The summed E-state index contributed by atoms with van der Waals surface area (Å²) in [5, 5.41) is 1.13. The number of rotatable bonds is 10. The minimum absolute atomic E-state index is 0.102. The maximum atomic E-state index is 13.1. The SMILES string of the molecule is COCCCN1C(=O)C(=Cc2cc(-c3ccc(Cl)cc3Cl)ccc2OCCN2CCOCC2)SC1=S. The van der Waals surface area contributed by atoms with Gasteiger partial charge in [-0.05, 0) is 42.3 Å². The van der Waals surface area contributed by atoms with Gasteiger partial charge in [-0.3, -0.25) is 14.6 Å². The first-order chi connectivity index (χ1) is 17.5. The zero-order valence-electron chi connectivity index (χ0n) is 20.0. The number of methoxy groups -OCH3 is 1. The lowest BCUT2D eigenvalue weighted by molar-refractivity contribution is -0.122. The Morgan fingerprint density at radius 1 is 1.11 bits per heavy atom. The van der Waals surface area contributed by atoms with Gasteiger partial charge in [-0.1, -0.05) is 59.3 Å². The van der Waals surface area contributed by atoms with Crippen molar-refractivity contribution in [3.8, 4) is 16.9 Å². The van der Waals surface area contributed by atoms with Crippen molar-refractivity contribution in [2.24, 2.45) is 0 Å². The van der Waals surface area contributed by atoms with Crippen LogP contribution in [0.2, 0.25) is 10.0 Å². The molecule has 192 valence electrons. The van der Waals surface area contributed by atoms with Crippen LogP contribution in [0.25, 0.3) is 17.2 Å². The molecular formula is C26H28Cl2N2O4S2. The largest absolute Gasteiger partial charge is 0.492 e. The number of carbonyl (C=O) groups is 1. The molecule has 0 aliphatic carbocycles.